The molecule has 0 radical (unpaired) electrons. The molecule has 1 fully saturated rings. The Bertz CT molecular complexity index is 842. The summed E-state index contributed by atoms with van der Waals surface area (Å²) in [4.78, 5) is 0. The summed E-state index contributed by atoms with van der Waals surface area (Å²) < 4.78 is 3.77. The summed E-state index contributed by atoms with van der Waals surface area (Å²) >= 11 is 0. The van der Waals surface area contributed by atoms with E-state index in [1.54, 1.807) is 6.20 Å². The maximum Gasteiger partial charge on any atom is 0.0696 e. The summed E-state index contributed by atoms with van der Waals surface area (Å²) in [5, 5.41) is 22.5. The number of aliphatic hydroxyl groups is 1. The van der Waals surface area contributed by atoms with E-state index in [0.29, 0.717) is 5.92 Å². The van der Waals surface area contributed by atoms with E-state index in [9.17, 15) is 5.11 Å². The van der Waals surface area contributed by atoms with Gasteiger partial charge in [0.2, 0.25) is 0 Å². The van der Waals surface area contributed by atoms with Crippen molar-refractivity contribution in [3.8, 4) is 11.1 Å². The first kappa shape index (κ1) is 17.0. The van der Waals surface area contributed by atoms with Crippen molar-refractivity contribution in [2.24, 2.45) is 13.0 Å². The molecule has 1 aliphatic carbocycles. The largest absolute Gasteiger partial charge is 0.391 e. The van der Waals surface area contributed by atoms with Gasteiger partial charge in [-0.05, 0) is 42.0 Å². The van der Waals surface area contributed by atoms with E-state index in [-0.39, 0.29) is 12.1 Å². The first-order chi connectivity index (χ1) is 12.7. The van der Waals surface area contributed by atoms with Gasteiger partial charge < -0.3 is 10.4 Å². The molecule has 1 unspecified atom stereocenters. The molecule has 26 heavy (non-hydrogen) atoms. The second-order valence-corrected chi connectivity index (χ2v) is 7.22. The van der Waals surface area contributed by atoms with Crippen LogP contribution in [0.25, 0.3) is 11.1 Å². The molecule has 1 aromatic carbocycles. The Morgan fingerprint density at radius 2 is 2.12 bits per heavy atom. The number of nitrogens with one attached hydrogen (secondary N) is 1. The monoisotopic (exact) mass is 351 g/mol. The van der Waals surface area contributed by atoms with Crippen molar-refractivity contribution in [1.29, 1.82) is 0 Å². The Balaban J connectivity index is 1.35. The van der Waals surface area contributed by atoms with E-state index < -0.39 is 0 Å². The molecule has 0 aliphatic heterocycles. The highest BCUT2D eigenvalue weighted by Crippen LogP contribution is 2.28. The Labute approximate surface area is 153 Å². The maximum absolute atomic E-state index is 10.4. The van der Waals surface area contributed by atoms with Crippen LogP contribution in [0.1, 0.15) is 18.4 Å². The molecule has 1 saturated carbocycles. The van der Waals surface area contributed by atoms with Gasteiger partial charge in [0.25, 0.3) is 0 Å². The quantitative estimate of drug-likeness (QED) is 0.714. The van der Waals surface area contributed by atoms with Crippen molar-refractivity contribution in [2.75, 3.05) is 0 Å². The minimum absolute atomic E-state index is 0.137. The minimum atomic E-state index is -0.294. The van der Waals surface area contributed by atoms with Crippen LogP contribution in [0.5, 0.6) is 0 Å². The zero-order chi connectivity index (χ0) is 17.9. The molecule has 2 heterocycles. The zero-order valence-corrected chi connectivity index (χ0v) is 15.0. The number of aromatic nitrogens is 4. The molecular weight excluding hydrogens is 326 g/mol. The van der Waals surface area contributed by atoms with Crippen LogP contribution in [-0.4, -0.2) is 36.8 Å². The fourth-order valence-corrected chi connectivity index (χ4v) is 3.84. The van der Waals surface area contributed by atoms with Crippen LogP contribution < -0.4 is 5.32 Å². The number of rotatable bonds is 6. The number of hydrogen-bond donors (Lipinski definition) is 2. The number of aliphatic hydroxyl groups excluding tert-OH is 1. The lowest BCUT2D eigenvalue weighted by molar-refractivity contribution is 0.145. The lowest BCUT2D eigenvalue weighted by Gasteiger charge is -2.16. The minimum Gasteiger partial charge on any atom is -0.391 e. The Morgan fingerprint density at radius 1 is 1.19 bits per heavy atom. The van der Waals surface area contributed by atoms with Crippen LogP contribution in [-0.2, 0) is 20.1 Å². The molecule has 2 aromatic heterocycles. The molecular formula is C20H25N5O. The maximum atomic E-state index is 10.4. The van der Waals surface area contributed by atoms with Crippen molar-refractivity contribution < 1.29 is 5.11 Å². The second kappa shape index (κ2) is 7.43. The van der Waals surface area contributed by atoms with Gasteiger partial charge in [-0.2, -0.15) is 10.2 Å². The number of aryl methyl sites for hydroxylation is 1. The Hall–Kier alpha value is -2.44. The lowest BCUT2D eigenvalue weighted by Crippen LogP contribution is -2.35. The highest BCUT2D eigenvalue weighted by molar-refractivity contribution is 5.62. The third kappa shape index (κ3) is 3.86. The average molecular weight is 351 g/mol. The predicted octanol–water partition coefficient (Wildman–Crippen LogP) is 2.21. The van der Waals surface area contributed by atoms with Gasteiger partial charge in [0.1, 0.15) is 0 Å². The molecule has 3 aromatic rings. The summed E-state index contributed by atoms with van der Waals surface area (Å²) in [5.74, 6) is 0.462. The van der Waals surface area contributed by atoms with Crippen molar-refractivity contribution in [2.45, 2.75) is 38.1 Å². The molecule has 0 bridgehead atoms. The third-order valence-electron chi connectivity index (χ3n) is 5.16. The van der Waals surface area contributed by atoms with E-state index in [1.165, 1.54) is 11.1 Å². The second-order valence-electron chi connectivity index (χ2n) is 7.22. The average Bonchev–Trinajstić information content (AvgIpc) is 3.36. The molecule has 1 aliphatic rings. The van der Waals surface area contributed by atoms with Gasteiger partial charge in [-0.15, -0.1) is 0 Å². The number of hydrogen-bond acceptors (Lipinski definition) is 4. The predicted molar refractivity (Wildman–Crippen MR) is 100 cm³/mol. The summed E-state index contributed by atoms with van der Waals surface area (Å²) in [6.45, 7) is 1.63. The van der Waals surface area contributed by atoms with Crippen LogP contribution in [0, 0.1) is 5.92 Å². The van der Waals surface area contributed by atoms with Gasteiger partial charge in [-0.25, -0.2) is 0 Å². The zero-order valence-electron chi connectivity index (χ0n) is 15.0. The normalized spacial score (nSPS) is 22.8. The summed E-state index contributed by atoms with van der Waals surface area (Å²) in [5.41, 5.74) is 3.50. The molecule has 0 spiro atoms. The first-order valence-corrected chi connectivity index (χ1v) is 9.14. The summed E-state index contributed by atoms with van der Waals surface area (Å²) in [6.07, 6.45) is 9.20. The first-order valence-electron chi connectivity index (χ1n) is 9.14. The van der Waals surface area contributed by atoms with Crippen molar-refractivity contribution >= 4 is 0 Å². The fourth-order valence-electron chi connectivity index (χ4n) is 3.84. The molecule has 6 heteroatoms. The van der Waals surface area contributed by atoms with Crippen LogP contribution in [0.4, 0.5) is 0 Å². The fraction of sp³-hybridized carbons (Fsp3) is 0.400. The standard InChI is InChI=1S/C20H25N5O/c1-24-14-18(12-23-24)17-5-2-4-15(8-17)11-21-19-9-16(10-20(19)26)13-25-7-3-6-22-25/h2-8,12,14,16,19-21,26H,9-11,13H2,1H3/t16?,19-,20-/m1/s1. The molecule has 2 N–H and O–H groups in total. The molecule has 0 saturated heterocycles. The summed E-state index contributed by atoms with van der Waals surface area (Å²) in [6, 6.07) is 10.6. The van der Waals surface area contributed by atoms with E-state index in [1.807, 2.05) is 41.1 Å². The SMILES string of the molecule is Cn1cc(-c2cccc(CN[C@@H]3CC(Cn4cccn4)C[C@H]3O)c2)cn1. The van der Waals surface area contributed by atoms with E-state index >= 15 is 0 Å². The molecule has 136 valence electrons. The van der Waals surface area contributed by atoms with Gasteiger partial charge in [-0.3, -0.25) is 9.36 Å². The van der Waals surface area contributed by atoms with Crippen LogP contribution in [0.15, 0.2) is 55.1 Å². The molecule has 3 atom stereocenters. The van der Waals surface area contributed by atoms with Gasteiger partial charge in [0.05, 0.1) is 12.3 Å². The molecule has 0 amide bonds. The van der Waals surface area contributed by atoms with Crippen LogP contribution in [0.2, 0.25) is 0 Å². The van der Waals surface area contributed by atoms with Crippen LogP contribution >= 0.6 is 0 Å². The van der Waals surface area contributed by atoms with Gasteiger partial charge >= 0.3 is 0 Å². The van der Waals surface area contributed by atoms with Gasteiger partial charge in [0.15, 0.2) is 0 Å². The van der Waals surface area contributed by atoms with E-state index in [2.05, 4.69) is 39.8 Å². The highest BCUT2D eigenvalue weighted by atomic mass is 16.3. The van der Waals surface area contributed by atoms with Crippen molar-refractivity contribution in [3.63, 3.8) is 0 Å². The van der Waals surface area contributed by atoms with Gasteiger partial charge in [0, 0.05) is 50.3 Å². The molecule has 6 nitrogen and oxygen atoms in total. The summed E-state index contributed by atoms with van der Waals surface area (Å²) in [7, 11) is 1.93. The third-order valence-corrected chi connectivity index (χ3v) is 5.16. The van der Waals surface area contributed by atoms with Gasteiger partial charge in [-0.1, -0.05) is 18.2 Å². The Morgan fingerprint density at radius 3 is 2.88 bits per heavy atom. The van der Waals surface area contributed by atoms with E-state index in [0.717, 1.165) is 31.5 Å². The lowest BCUT2D eigenvalue weighted by atomic mass is 10.1. The van der Waals surface area contributed by atoms with Crippen molar-refractivity contribution in [3.05, 3.63) is 60.7 Å². The highest BCUT2D eigenvalue weighted by Gasteiger charge is 2.32. The number of nitrogens with zero attached hydrogens (tertiary/aromatic N) is 4. The van der Waals surface area contributed by atoms with E-state index in [4.69, 9.17) is 0 Å². The number of benzene rings is 1. The van der Waals surface area contributed by atoms with Crippen LogP contribution in [0.3, 0.4) is 0 Å². The topological polar surface area (TPSA) is 67.9 Å². The van der Waals surface area contributed by atoms with Crippen molar-refractivity contribution in [1.82, 2.24) is 24.9 Å². The molecule has 4 rings (SSSR count). The Kier molecular flexibility index (Phi) is 4.86. The smallest absolute Gasteiger partial charge is 0.0696 e.